The second kappa shape index (κ2) is 11.7. The number of aliphatic imine (C=N–C) groups is 1. The maximum atomic E-state index is 4.75. The monoisotopic (exact) mass is 475 g/mol. The van der Waals surface area contributed by atoms with Gasteiger partial charge in [0.25, 0.3) is 0 Å². The van der Waals surface area contributed by atoms with Gasteiger partial charge in [0.2, 0.25) is 0 Å². The molecular weight excluding hydrogens is 438 g/mol. The Bertz CT molecular complexity index is 1270. The van der Waals surface area contributed by atoms with Crippen LogP contribution >= 0.6 is 0 Å². The van der Waals surface area contributed by atoms with Gasteiger partial charge in [-0.3, -0.25) is 4.99 Å². The van der Waals surface area contributed by atoms with Crippen LogP contribution in [0, 0.1) is 0 Å². The van der Waals surface area contributed by atoms with Crippen molar-refractivity contribution in [2.24, 2.45) is 4.99 Å². The normalized spacial score (nSPS) is 14.9. The van der Waals surface area contributed by atoms with Gasteiger partial charge in [-0.1, -0.05) is 61.2 Å². The van der Waals surface area contributed by atoms with E-state index in [-0.39, 0.29) is 0 Å². The SMILES string of the molecule is C=CN(CC)c1ccc(C(=C2C=CC(=NCC)c3ccccc32)c2ccc(N(CC)CC)cc2)cc1. The number of anilines is 2. The van der Waals surface area contributed by atoms with Crippen LogP contribution in [0.3, 0.4) is 0 Å². The standard InChI is InChI=1S/C33H37N3/c1-6-34-32-24-23-31(29-13-11-12-14-30(29)32)33(25-15-19-27(20-16-25)35(7-2)8-3)26-17-21-28(22-18-26)36(9-4)10-5/h7,11-24H,2,6,8-10H2,1,3-5H3. The van der Waals surface area contributed by atoms with Crippen LogP contribution in [0.25, 0.3) is 11.1 Å². The Balaban J connectivity index is 1.92. The molecule has 3 aromatic rings. The van der Waals surface area contributed by atoms with Crippen LogP contribution in [0.1, 0.15) is 49.9 Å². The zero-order chi connectivity index (χ0) is 25.5. The zero-order valence-electron chi connectivity index (χ0n) is 22.0. The van der Waals surface area contributed by atoms with Crippen molar-refractivity contribution < 1.29 is 0 Å². The molecule has 0 saturated carbocycles. The quantitative estimate of drug-likeness (QED) is 0.314. The van der Waals surface area contributed by atoms with Crippen molar-refractivity contribution in [1.29, 1.82) is 0 Å². The van der Waals surface area contributed by atoms with E-state index in [1.54, 1.807) is 0 Å². The maximum absolute atomic E-state index is 4.75. The summed E-state index contributed by atoms with van der Waals surface area (Å²) < 4.78 is 0. The number of rotatable bonds is 9. The highest BCUT2D eigenvalue weighted by Crippen LogP contribution is 2.38. The Morgan fingerprint density at radius 3 is 1.83 bits per heavy atom. The molecule has 0 aliphatic heterocycles. The third kappa shape index (κ3) is 5.06. The number of fused-ring (bicyclic) bond motifs is 1. The number of hydrogen-bond acceptors (Lipinski definition) is 3. The van der Waals surface area contributed by atoms with Gasteiger partial charge in [0.15, 0.2) is 0 Å². The summed E-state index contributed by atoms with van der Waals surface area (Å²) >= 11 is 0. The number of allylic oxidation sites excluding steroid dienone is 3. The van der Waals surface area contributed by atoms with Gasteiger partial charge in [0.05, 0.1) is 5.71 Å². The van der Waals surface area contributed by atoms with E-state index in [0.29, 0.717) is 0 Å². The molecule has 4 rings (SSSR count). The molecular formula is C33H37N3. The second-order valence-corrected chi connectivity index (χ2v) is 8.76. The Labute approximate surface area is 216 Å². The first kappa shape index (κ1) is 25.2. The van der Waals surface area contributed by atoms with Gasteiger partial charge in [-0.05, 0) is 92.1 Å². The third-order valence-corrected chi connectivity index (χ3v) is 6.83. The lowest BCUT2D eigenvalue weighted by Crippen LogP contribution is -2.21. The topological polar surface area (TPSA) is 18.8 Å². The van der Waals surface area contributed by atoms with Crippen LogP contribution in [0.2, 0.25) is 0 Å². The van der Waals surface area contributed by atoms with Gasteiger partial charge in [0, 0.05) is 43.1 Å². The first-order valence-electron chi connectivity index (χ1n) is 13.1. The lowest BCUT2D eigenvalue weighted by molar-refractivity contribution is 0.866. The van der Waals surface area contributed by atoms with E-state index >= 15 is 0 Å². The van der Waals surface area contributed by atoms with E-state index in [4.69, 9.17) is 4.99 Å². The van der Waals surface area contributed by atoms with Crippen molar-refractivity contribution in [1.82, 2.24) is 0 Å². The fourth-order valence-electron chi connectivity index (χ4n) is 4.95. The predicted octanol–water partition coefficient (Wildman–Crippen LogP) is 7.84. The summed E-state index contributed by atoms with van der Waals surface area (Å²) in [6.45, 7) is 16.2. The highest BCUT2D eigenvalue weighted by atomic mass is 15.1. The molecule has 0 amide bonds. The first-order valence-corrected chi connectivity index (χ1v) is 13.1. The van der Waals surface area contributed by atoms with E-state index in [9.17, 15) is 0 Å². The Morgan fingerprint density at radius 2 is 1.31 bits per heavy atom. The Hall–Kier alpha value is -3.85. The molecule has 36 heavy (non-hydrogen) atoms. The fourth-order valence-corrected chi connectivity index (χ4v) is 4.95. The van der Waals surface area contributed by atoms with Crippen LogP contribution in [0.4, 0.5) is 11.4 Å². The molecule has 0 spiro atoms. The number of hydrogen-bond donors (Lipinski definition) is 0. The zero-order valence-corrected chi connectivity index (χ0v) is 22.0. The fraction of sp³-hybridized carbons (Fsp3) is 0.242. The smallest absolute Gasteiger partial charge is 0.0652 e. The highest BCUT2D eigenvalue weighted by Gasteiger charge is 2.20. The van der Waals surface area contributed by atoms with Crippen LogP contribution in [-0.2, 0) is 0 Å². The minimum Gasteiger partial charge on any atom is -0.372 e. The van der Waals surface area contributed by atoms with Gasteiger partial charge < -0.3 is 9.80 Å². The molecule has 184 valence electrons. The van der Waals surface area contributed by atoms with Crippen molar-refractivity contribution in [3.63, 3.8) is 0 Å². The van der Waals surface area contributed by atoms with Crippen LogP contribution in [0.5, 0.6) is 0 Å². The van der Waals surface area contributed by atoms with Gasteiger partial charge in [0.1, 0.15) is 0 Å². The summed E-state index contributed by atoms with van der Waals surface area (Å²) in [5.41, 5.74) is 10.7. The van der Waals surface area contributed by atoms with E-state index in [0.717, 1.165) is 37.6 Å². The number of benzene rings is 3. The highest BCUT2D eigenvalue weighted by molar-refractivity contribution is 6.19. The molecule has 0 aromatic heterocycles. The van der Waals surface area contributed by atoms with E-state index in [2.05, 4.69) is 129 Å². The predicted molar refractivity (Wildman–Crippen MR) is 158 cm³/mol. The van der Waals surface area contributed by atoms with Crippen molar-refractivity contribution >= 4 is 28.2 Å². The van der Waals surface area contributed by atoms with Gasteiger partial charge in [-0.25, -0.2) is 0 Å². The first-order chi connectivity index (χ1) is 17.6. The lowest BCUT2D eigenvalue weighted by Gasteiger charge is -2.24. The van der Waals surface area contributed by atoms with Gasteiger partial charge in [-0.2, -0.15) is 0 Å². The minimum atomic E-state index is 0.769. The van der Waals surface area contributed by atoms with E-state index in [1.807, 2.05) is 6.20 Å². The second-order valence-electron chi connectivity index (χ2n) is 8.76. The van der Waals surface area contributed by atoms with E-state index < -0.39 is 0 Å². The van der Waals surface area contributed by atoms with Gasteiger partial charge in [-0.15, -0.1) is 0 Å². The van der Waals surface area contributed by atoms with Crippen LogP contribution < -0.4 is 9.80 Å². The van der Waals surface area contributed by atoms with Gasteiger partial charge >= 0.3 is 0 Å². The molecule has 0 bridgehead atoms. The van der Waals surface area contributed by atoms with Crippen LogP contribution in [0.15, 0.2) is 103 Å². The summed E-state index contributed by atoms with van der Waals surface area (Å²) in [6.07, 6.45) is 6.28. The average Bonchev–Trinajstić information content (AvgIpc) is 2.93. The van der Waals surface area contributed by atoms with Crippen molar-refractivity contribution in [3.8, 4) is 0 Å². The molecule has 0 saturated heterocycles. The van der Waals surface area contributed by atoms with Crippen molar-refractivity contribution in [2.75, 3.05) is 36.0 Å². The van der Waals surface area contributed by atoms with Crippen LogP contribution in [-0.4, -0.2) is 31.9 Å². The third-order valence-electron chi connectivity index (χ3n) is 6.83. The average molecular weight is 476 g/mol. The number of nitrogens with zero attached hydrogens (tertiary/aromatic N) is 3. The molecule has 1 aliphatic rings. The summed E-state index contributed by atoms with van der Waals surface area (Å²) in [5.74, 6) is 0. The summed E-state index contributed by atoms with van der Waals surface area (Å²) in [6, 6.07) is 26.5. The summed E-state index contributed by atoms with van der Waals surface area (Å²) in [4.78, 5) is 9.28. The summed E-state index contributed by atoms with van der Waals surface area (Å²) in [7, 11) is 0. The van der Waals surface area contributed by atoms with E-state index in [1.165, 1.54) is 39.1 Å². The van der Waals surface area contributed by atoms with Crippen molar-refractivity contribution in [2.45, 2.75) is 27.7 Å². The summed E-state index contributed by atoms with van der Waals surface area (Å²) in [5, 5.41) is 0. The molecule has 0 unspecified atom stereocenters. The molecule has 0 fully saturated rings. The molecule has 0 N–H and O–H groups in total. The minimum absolute atomic E-state index is 0.769. The van der Waals surface area contributed by atoms with Crippen molar-refractivity contribution in [3.05, 3.63) is 120 Å². The molecule has 0 heterocycles. The lowest BCUT2D eigenvalue weighted by atomic mass is 9.83. The largest absolute Gasteiger partial charge is 0.372 e. The molecule has 3 nitrogen and oxygen atoms in total. The Morgan fingerprint density at radius 1 is 0.722 bits per heavy atom. The molecule has 3 aromatic carbocycles. The molecule has 0 atom stereocenters. The molecule has 3 heteroatoms. The Kier molecular flexibility index (Phi) is 8.22. The maximum Gasteiger partial charge on any atom is 0.0652 e. The molecule has 0 radical (unpaired) electrons. The molecule has 1 aliphatic carbocycles.